The highest BCUT2D eigenvalue weighted by atomic mass is 16.2. The van der Waals surface area contributed by atoms with Gasteiger partial charge in [0.05, 0.1) is 24.1 Å². The molecule has 6 amide bonds. The van der Waals surface area contributed by atoms with E-state index in [4.69, 9.17) is 0 Å². The van der Waals surface area contributed by atoms with E-state index in [0.29, 0.717) is 18.3 Å². The Hall–Kier alpha value is -5.04. The molecule has 3 N–H and O–H groups in total. The van der Waals surface area contributed by atoms with Crippen molar-refractivity contribution in [2.75, 3.05) is 42.9 Å². The number of aromatic nitrogens is 2. The molecule has 0 spiro atoms. The molecule has 1 aromatic heterocycles. The van der Waals surface area contributed by atoms with Gasteiger partial charge in [0.15, 0.2) is 5.82 Å². The zero-order valence-corrected chi connectivity index (χ0v) is 24.8. The number of piperazine rings is 1. The normalized spacial score (nSPS) is 19.1. The van der Waals surface area contributed by atoms with Crippen molar-refractivity contribution < 1.29 is 24.0 Å². The summed E-state index contributed by atoms with van der Waals surface area (Å²) in [7, 11) is 0. The maximum Gasteiger partial charge on any atom is 0.343 e. The zero-order valence-electron chi connectivity index (χ0n) is 24.8. The van der Waals surface area contributed by atoms with Crippen LogP contribution in [-0.2, 0) is 22.6 Å². The highest BCUT2D eigenvalue weighted by molar-refractivity contribution is 6.22. The number of hydrogen-bond acceptors (Lipinski definition) is 8. The first-order valence-electron chi connectivity index (χ1n) is 15.4. The van der Waals surface area contributed by atoms with Crippen molar-refractivity contribution in [1.82, 2.24) is 30.4 Å². The van der Waals surface area contributed by atoms with Crippen molar-refractivity contribution in [3.8, 4) is 0 Å². The van der Waals surface area contributed by atoms with Gasteiger partial charge in [0.1, 0.15) is 0 Å². The zero-order chi connectivity index (χ0) is 31.1. The van der Waals surface area contributed by atoms with Crippen LogP contribution in [0.2, 0.25) is 0 Å². The van der Waals surface area contributed by atoms with Crippen LogP contribution in [-0.4, -0.2) is 87.5 Å². The summed E-state index contributed by atoms with van der Waals surface area (Å²) in [5.41, 5.74) is 4.54. The second-order valence-corrected chi connectivity index (χ2v) is 12.0. The largest absolute Gasteiger partial charge is 0.369 e. The molecule has 2 saturated heterocycles. The molecular formula is C32H34N8O5. The predicted octanol–water partition coefficient (Wildman–Crippen LogP) is 2.63. The van der Waals surface area contributed by atoms with Crippen molar-refractivity contribution in [1.29, 1.82) is 0 Å². The fraction of sp³-hybridized carbons (Fsp3) is 0.375. The number of carbonyl (C=O) groups excluding carboxylic acids is 5. The van der Waals surface area contributed by atoms with Gasteiger partial charge in [0, 0.05) is 62.5 Å². The molecule has 1 aliphatic carbocycles. The molecule has 3 aromatic rings. The van der Waals surface area contributed by atoms with E-state index in [1.54, 1.807) is 12.1 Å². The molecular weight excluding hydrogens is 576 g/mol. The minimum absolute atomic E-state index is 0.0190. The van der Waals surface area contributed by atoms with Crippen LogP contribution >= 0.6 is 0 Å². The topological polar surface area (TPSA) is 151 Å². The molecule has 45 heavy (non-hydrogen) atoms. The Labute approximate surface area is 259 Å². The number of nitrogens with one attached hydrogen (secondary N) is 3. The number of hydrogen-bond donors (Lipinski definition) is 3. The molecule has 7 rings (SSSR count). The third-order valence-corrected chi connectivity index (χ3v) is 9.06. The molecule has 0 unspecified atom stereocenters. The quantitative estimate of drug-likeness (QED) is 0.330. The molecule has 0 atom stereocenters. The minimum atomic E-state index is -0.776. The van der Waals surface area contributed by atoms with E-state index >= 15 is 0 Å². The number of aromatic amines is 1. The molecule has 3 aliphatic heterocycles. The van der Waals surface area contributed by atoms with Crippen molar-refractivity contribution in [2.24, 2.45) is 0 Å². The lowest BCUT2D eigenvalue weighted by Crippen LogP contribution is -2.58. The predicted molar refractivity (Wildman–Crippen MR) is 163 cm³/mol. The van der Waals surface area contributed by atoms with E-state index in [0.717, 1.165) is 58.7 Å². The van der Waals surface area contributed by atoms with Gasteiger partial charge in [-0.15, -0.1) is 0 Å². The van der Waals surface area contributed by atoms with Crippen LogP contribution in [0.15, 0.2) is 48.5 Å². The molecule has 2 aromatic carbocycles. The first-order chi connectivity index (χ1) is 21.8. The summed E-state index contributed by atoms with van der Waals surface area (Å²) >= 11 is 0. The Bertz CT molecular complexity index is 1670. The second kappa shape index (κ2) is 11.8. The van der Waals surface area contributed by atoms with E-state index in [2.05, 4.69) is 42.8 Å². The van der Waals surface area contributed by atoms with Gasteiger partial charge < -0.3 is 10.2 Å². The molecule has 3 fully saturated rings. The van der Waals surface area contributed by atoms with Gasteiger partial charge >= 0.3 is 6.03 Å². The molecule has 232 valence electrons. The molecule has 1 saturated carbocycles. The summed E-state index contributed by atoms with van der Waals surface area (Å²) < 4.78 is 0. The van der Waals surface area contributed by atoms with Crippen molar-refractivity contribution >= 4 is 41.2 Å². The third-order valence-electron chi connectivity index (χ3n) is 9.06. The number of anilines is 2. The van der Waals surface area contributed by atoms with Crippen LogP contribution < -0.4 is 15.5 Å². The summed E-state index contributed by atoms with van der Waals surface area (Å²) in [6, 6.07) is 14.4. The highest BCUT2D eigenvalue weighted by Crippen LogP contribution is 2.36. The number of benzene rings is 2. The summed E-state index contributed by atoms with van der Waals surface area (Å²) in [6.07, 6.45) is 3.88. The highest BCUT2D eigenvalue weighted by Gasteiger charge is 2.43. The van der Waals surface area contributed by atoms with Gasteiger partial charge in [-0.2, -0.15) is 10.1 Å². The van der Waals surface area contributed by atoms with E-state index in [1.807, 2.05) is 24.3 Å². The maximum atomic E-state index is 13.1. The summed E-state index contributed by atoms with van der Waals surface area (Å²) in [4.78, 5) is 67.0. The molecule has 13 nitrogen and oxygen atoms in total. The minimum Gasteiger partial charge on any atom is -0.369 e. The molecule has 0 radical (unpaired) electrons. The standard InChI is InChI=1S/C32H34N8O5/c41-28-10-11-39(32(45)34-28)40-30(43)24-9-6-21(16-25(24)31(40)44)19-37-12-14-38(15-13-37)23-7-4-20(5-8-23)17-29(42)33-27-18-26(35-36-27)22-2-1-3-22/h4-9,16,18,22H,1-3,10-15,17,19H2,(H,34,41,45)(H2,33,35,36,42). The number of carbonyl (C=O) groups is 5. The number of rotatable bonds is 8. The van der Waals surface area contributed by atoms with Crippen LogP contribution in [0.5, 0.6) is 0 Å². The number of H-pyrrole nitrogens is 1. The molecule has 13 heteroatoms. The van der Waals surface area contributed by atoms with E-state index in [-0.39, 0.29) is 36.4 Å². The first-order valence-corrected chi connectivity index (χ1v) is 15.4. The number of urea groups is 1. The second-order valence-electron chi connectivity index (χ2n) is 12.0. The number of fused-ring (bicyclic) bond motifs is 1. The Morgan fingerprint density at radius 2 is 1.60 bits per heavy atom. The summed E-state index contributed by atoms with van der Waals surface area (Å²) in [6.45, 7) is 3.86. The fourth-order valence-electron chi connectivity index (χ4n) is 6.29. The Balaban J connectivity index is 0.903. The van der Waals surface area contributed by atoms with Crippen LogP contribution in [0.1, 0.15) is 69.1 Å². The van der Waals surface area contributed by atoms with Crippen LogP contribution in [0.4, 0.5) is 16.3 Å². The van der Waals surface area contributed by atoms with Crippen molar-refractivity contribution in [3.05, 3.63) is 76.5 Å². The Morgan fingerprint density at radius 3 is 2.31 bits per heavy atom. The third kappa shape index (κ3) is 5.78. The molecule has 4 aliphatic rings. The number of nitrogens with zero attached hydrogens (tertiary/aromatic N) is 5. The van der Waals surface area contributed by atoms with Gasteiger partial charge in [-0.05, 0) is 48.2 Å². The number of hydrazine groups is 1. The maximum absolute atomic E-state index is 13.1. The van der Waals surface area contributed by atoms with Crippen molar-refractivity contribution in [3.63, 3.8) is 0 Å². The van der Waals surface area contributed by atoms with E-state index in [1.165, 1.54) is 19.3 Å². The van der Waals surface area contributed by atoms with Crippen LogP contribution in [0, 0.1) is 0 Å². The van der Waals surface area contributed by atoms with Gasteiger partial charge in [-0.1, -0.05) is 24.6 Å². The van der Waals surface area contributed by atoms with Gasteiger partial charge in [-0.25, -0.2) is 9.80 Å². The molecule has 4 heterocycles. The lowest BCUT2D eigenvalue weighted by Gasteiger charge is -2.36. The van der Waals surface area contributed by atoms with Gasteiger partial charge in [-0.3, -0.25) is 34.5 Å². The average molecular weight is 611 g/mol. The SMILES string of the molecule is O=C1CCN(N2C(=O)c3ccc(CN4CCN(c5ccc(CC(=O)Nc6cc(C7CCC7)[nH]n6)cc5)CC4)cc3C2=O)C(=O)N1. The van der Waals surface area contributed by atoms with Crippen LogP contribution in [0.25, 0.3) is 0 Å². The van der Waals surface area contributed by atoms with Crippen molar-refractivity contribution in [2.45, 2.75) is 44.6 Å². The van der Waals surface area contributed by atoms with Gasteiger partial charge in [0.2, 0.25) is 11.8 Å². The lowest BCUT2D eigenvalue weighted by molar-refractivity contribution is -0.123. The molecule has 0 bridgehead atoms. The van der Waals surface area contributed by atoms with E-state index in [9.17, 15) is 24.0 Å². The Kier molecular flexibility index (Phi) is 7.53. The van der Waals surface area contributed by atoms with Gasteiger partial charge in [0.25, 0.3) is 11.8 Å². The van der Waals surface area contributed by atoms with E-state index < -0.39 is 23.8 Å². The smallest absolute Gasteiger partial charge is 0.343 e. The number of imide groups is 2. The fourth-order valence-corrected chi connectivity index (χ4v) is 6.29. The summed E-state index contributed by atoms with van der Waals surface area (Å²) in [5, 5.41) is 14.1. The van der Waals surface area contributed by atoms with Crippen LogP contribution in [0.3, 0.4) is 0 Å². The lowest BCUT2D eigenvalue weighted by atomic mass is 9.83. The summed E-state index contributed by atoms with van der Waals surface area (Å²) in [5.74, 6) is -0.554. The average Bonchev–Trinajstić information content (AvgIpc) is 3.54. The number of amides is 6. The first kappa shape index (κ1) is 28.7. The Morgan fingerprint density at radius 1 is 0.867 bits per heavy atom. The monoisotopic (exact) mass is 610 g/mol.